The highest BCUT2D eigenvalue weighted by Gasteiger charge is 2.43. The average molecular weight is 599 g/mol. The quantitative estimate of drug-likeness (QED) is 0.515. The molecular formula is C35H39FN4O4. The fraction of sp³-hybridized carbons (Fsp3) is 0.486. The van der Waals surface area contributed by atoms with Gasteiger partial charge in [-0.05, 0) is 84.4 Å². The van der Waals surface area contributed by atoms with Crippen molar-refractivity contribution in [3.63, 3.8) is 0 Å². The van der Waals surface area contributed by atoms with E-state index in [0.29, 0.717) is 31.6 Å². The highest BCUT2D eigenvalue weighted by atomic mass is 19.1. The Morgan fingerprint density at radius 2 is 1.70 bits per heavy atom. The van der Waals surface area contributed by atoms with Gasteiger partial charge in [0, 0.05) is 55.8 Å². The largest absolute Gasteiger partial charge is 0.336 e. The van der Waals surface area contributed by atoms with Crippen molar-refractivity contribution in [3.8, 4) is 0 Å². The van der Waals surface area contributed by atoms with Gasteiger partial charge in [-0.3, -0.25) is 29.4 Å². The molecule has 2 aromatic rings. The second-order valence-electron chi connectivity index (χ2n) is 14.0. The van der Waals surface area contributed by atoms with E-state index in [4.69, 9.17) is 0 Å². The van der Waals surface area contributed by atoms with Crippen molar-refractivity contribution in [2.24, 2.45) is 5.41 Å². The Balaban J connectivity index is 1.05. The van der Waals surface area contributed by atoms with Crippen LogP contribution in [0.4, 0.5) is 4.39 Å². The van der Waals surface area contributed by atoms with E-state index in [1.54, 1.807) is 17.0 Å². The third-order valence-electron chi connectivity index (χ3n) is 10.4. The van der Waals surface area contributed by atoms with E-state index in [1.807, 2.05) is 12.1 Å². The van der Waals surface area contributed by atoms with Crippen LogP contribution in [0.15, 0.2) is 48.0 Å². The molecule has 44 heavy (non-hydrogen) atoms. The topological polar surface area (TPSA) is 90.0 Å². The molecule has 3 unspecified atom stereocenters. The molecule has 3 atom stereocenters. The van der Waals surface area contributed by atoms with Gasteiger partial charge in [-0.1, -0.05) is 38.1 Å². The molecule has 4 amide bonds. The first-order chi connectivity index (χ1) is 21.1. The number of carbonyl (C=O) groups excluding carboxylic acids is 4. The predicted molar refractivity (Wildman–Crippen MR) is 162 cm³/mol. The van der Waals surface area contributed by atoms with E-state index in [-0.39, 0.29) is 47.5 Å². The zero-order valence-corrected chi connectivity index (χ0v) is 25.4. The second-order valence-corrected chi connectivity index (χ2v) is 14.0. The molecule has 9 heteroatoms. The van der Waals surface area contributed by atoms with Crippen LogP contribution in [0, 0.1) is 11.2 Å². The Morgan fingerprint density at radius 1 is 0.977 bits per heavy atom. The second kappa shape index (κ2) is 10.9. The van der Waals surface area contributed by atoms with Crippen LogP contribution in [0.2, 0.25) is 0 Å². The first-order valence-electron chi connectivity index (χ1n) is 15.9. The number of imide groups is 1. The summed E-state index contributed by atoms with van der Waals surface area (Å²) in [6, 6.07) is 12.4. The van der Waals surface area contributed by atoms with Crippen LogP contribution in [0.5, 0.6) is 0 Å². The SMILES string of the molecule is CC1(C)CCC(C(=O)N2CC3CCC(C2)N3Cc2ccc3c(c2)CN(C2CCC(=O)NC2=O)C3=O)=C(c2ccc(F)cc2)C1. The number of carbonyl (C=O) groups is 4. The molecule has 0 spiro atoms. The molecule has 0 radical (unpaired) electrons. The van der Waals surface area contributed by atoms with Crippen LogP contribution in [-0.4, -0.2) is 69.5 Å². The summed E-state index contributed by atoms with van der Waals surface area (Å²) in [5, 5.41) is 2.36. The maximum atomic E-state index is 14.1. The summed E-state index contributed by atoms with van der Waals surface area (Å²) in [5.41, 5.74) is 5.62. The summed E-state index contributed by atoms with van der Waals surface area (Å²) in [6.07, 6.45) is 5.15. The Bertz CT molecular complexity index is 1570. The van der Waals surface area contributed by atoms with E-state index in [1.165, 1.54) is 12.1 Å². The lowest BCUT2D eigenvalue weighted by Gasteiger charge is -2.42. The standard InChI is InChI=1S/C35H39FN4O4/c1-35(2)14-13-28(29(16-35)22-4-6-24(36)7-5-22)33(43)38-19-25-8-9-26(20-38)39(25)17-21-3-10-27-23(15-21)18-40(34(27)44)30-11-12-31(41)37-32(30)42/h3-7,10,15,25-26,30H,8-9,11-14,16-20H2,1-2H3,(H,37,41,42). The lowest BCUT2D eigenvalue weighted by Crippen LogP contribution is -2.55. The van der Waals surface area contributed by atoms with Crippen LogP contribution in [0.1, 0.15) is 85.8 Å². The van der Waals surface area contributed by atoms with Gasteiger partial charge in [0.25, 0.3) is 5.91 Å². The number of halogens is 1. The Morgan fingerprint density at radius 3 is 2.41 bits per heavy atom. The minimum atomic E-state index is -0.619. The molecule has 1 N–H and O–H groups in total. The van der Waals surface area contributed by atoms with Crippen molar-refractivity contribution >= 4 is 29.2 Å². The number of nitrogens with zero attached hydrogens (tertiary/aromatic N) is 3. The number of rotatable bonds is 5. The molecule has 8 nitrogen and oxygen atoms in total. The smallest absolute Gasteiger partial charge is 0.255 e. The molecule has 2 bridgehead atoms. The van der Waals surface area contributed by atoms with Crippen molar-refractivity contribution in [1.82, 2.24) is 20.0 Å². The lowest BCUT2D eigenvalue weighted by atomic mass is 9.72. The zero-order chi connectivity index (χ0) is 30.7. The van der Waals surface area contributed by atoms with Gasteiger partial charge in [0.1, 0.15) is 11.9 Å². The van der Waals surface area contributed by atoms with Crippen molar-refractivity contribution in [1.29, 1.82) is 0 Å². The van der Waals surface area contributed by atoms with Gasteiger partial charge in [0.2, 0.25) is 17.7 Å². The predicted octanol–water partition coefficient (Wildman–Crippen LogP) is 4.43. The maximum Gasteiger partial charge on any atom is 0.255 e. The molecule has 3 saturated heterocycles. The van der Waals surface area contributed by atoms with Gasteiger partial charge in [-0.25, -0.2) is 4.39 Å². The molecule has 2 aromatic carbocycles. The van der Waals surface area contributed by atoms with E-state index in [9.17, 15) is 23.6 Å². The highest BCUT2D eigenvalue weighted by Crippen LogP contribution is 2.44. The highest BCUT2D eigenvalue weighted by molar-refractivity contribution is 6.05. The number of hydrogen-bond donors (Lipinski definition) is 1. The van der Waals surface area contributed by atoms with Gasteiger partial charge in [0.15, 0.2) is 0 Å². The number of hydrogen-bond acceptors (Lipinski definition) is 5. The lowest BCUT2D eigenvalue weighted by molar-refractivity contribution is -0.137. The van der Waals surface area contributed by atoms with Crippen LogP contribution >= 0.6 is 0 Å². The monoisotopic (exact) mass is 598 g/mol. The van der Waals surface area contributed by atoms with Crippen molar-refractivity contribution in [2.75, 3.05) is 13.1 Å². The number of benzene rings is 2. The number of piperazine rings is 1. The van der Waals surface area contributed by atoms with Gasteiger partial charge in [-0.15, -0.1) is 0 Å². The normalized spacial score (nSPS) is 26.7. The number of likely N-dealkylation sites (tertiary alicyclic amines) is 1. The molecule has 0 aromatic heterocycles. The first kappa shape index (κ1) is 28.9. The minimum Gasteiger partial charge on any atom is -0.336 e. The molecule has 0 saturated carbocycles. The molecule has 4 aliphatic heterocycles. The molecule has 3 fully saturated rings. The van der Waals surface area contributed by atoms with Crippen LogP contribution < -0.4 is 5.32 Å². The number of amides is 4. The van der Waals surface area contributed by atoms with Crippen LogP contribution in [0.25, 0.3) is 5.57 Å². The molecule has 1 aliphatic carbocycles. The van der Waals surface area contributed by atoms with E-state index < -0.39 is 11.9 Å². The number of fused-ring (bicyclic) bond motifs is 3. The van der Waals surface area contributed by atoms with Crippen molar-refractivity contribution < 1.29 is 23.6 Å². The minimum absolute atomic E-state index is 0.0879. The fourth-order valence-corrected chi connectivity index (χ4v) is 7.99. The molecule has 7 rings (SSSR count). The molecule has 5 aliphatic rings. The van der Waals surface area contributed by atoms with Crippen LogP contribution in [0.3, 0.4) is 0 Å². The average Bonchev–Trinajstić information content (AvgIpc) is 3.41. The fourth-order valence-electron chi connectivity index (χ4n) is 7.99. The number of piperidine rings is 1. The maximum absolute atomic E-state index is 14.1. The summed E-state index contributed by atoms with van der Waals surface area (Å²) in [6.45, 7) is 6.95. The molecular weight excluding hydrogens is 559 g/mol. The van der Waals surface area contributed by atoms with Gasteiger partial charge < -0.3 is 9.80 Å². The van der Waals surface area contributed by atoms with E-state index in [2.05, 4.69) is 35.0 Å². The molecule has 4 heterocycles. The van der Waals surface area contributed by atoms with Crippen LogP contribution in [-0.2, 0) is 27.5 Å². The van der Waals surface area contributed by atoms with Gasteiger partial charge in [0.05, 0.1) is 0 Å². The number of nitrogens with one attached hydrogen (secondary N) is 1. The van der Waals surface area contributed by atoms with E-state index >= 15 is 0 Å². The van der Waals surface area contributed by atoms with E-state index in [0.717, 1.165) is 66.5 Å². The third kappa shape index (κ3) is 5.25. The Labute approximate surface area is 257 Å². The number of allylic oxidation sites excluding steroid dienone is 1. The Kier molecular flexibility index (Phi) is 7.19. The zero-order valence-electron chi connectivity index (χ0n) is 25.4. The van der Waals surface area contributed by atoms with Crippen molar-refractivity contribution in [2.45, 2.75) is 90.0 Å². The van der Waals surface area contributed by atoms with Gasteiger partial charge >= 0.3 is 0 Å². The molecule has 230 valence electrons. The summed E-state index contributed by atoms with van der Waals surface area (Å²) in [4.78, 5) is 57.4. The summed E-state index contributed by atoms with van der Waals surface area (Å²) in [7, 11) is 0. The Hall–Kier alpha value is -3.85. The van der Waals surface area contributed by atoms with Crippen molar-refractivity contribution in [3.05, 3.63) is 76.1 Å². The van der Waals surface area contributed by atoms with Gasteiger partial charge in [-0.2, -0.15) is 0 Å². The summed E-state index contributed by atoms with van der Waals surface area (Å²) < 4.78 is 13.7. The first-order valence-corrected chi connectivity index (χ1v) is 15.9. The summed E-state index contributed by atoms with van der Waals surface area (Å²) >= 11 is 0. The third-order valence-corrected chi connectivity index (χ3v) is 10.4. The summed E-state index contributed by atoms with van der Waals surface area (Å²) in [5.74, 6) is -0.993.